The molecule has 4 aliphatic rings. The summed E-state index contributed by atoms with van der Waals surface area (Å²) < 4.78 is 3.09. The molecule has 1 heterocycles. The molecule has 0 radical (unpaired) electrons. The van der Waals surface area contributed by atoms with Gasteiger partial charge >= 0.3 is 315 Å². The Bertz CT molecular complexity index is 1850. The number of fused-ring (bicyclic) bond motifs is 3. The van der Waals surface area contributed by atoms with Crippen LogP contribution in [-0.2, 0) is 29.4 Å². The summed E-state index contributed by atoms with van der Waals surface area (Å²) in [5, 5.41) is 0. The number of rotatable bonds is 8. The number of benzene rings is 4. The van der Waals surface area contributed by atoms with Crippen molar-refractivity contribution in [3.63, 3.8) is 0 Å². The molecule has 0 aromatic heterocycles. The van der Waals surface area contributed by atoms with Gasteiger partial charge in [0.05, 0.1) is 0 Å². The Labute approximate surface area is 337 Å². The summed E-state index contributed by atoms with van der Waals surface area (Å²) in [7, 11) is 0. The molecule has 0 nitrogen and oxygen atoms in total. The molecule has 1 aliphatic heterocycles. The van der Waals surface area contributed by atoms with Crippen molar-refractivity contribution in [3.8, 4) is 22.3 Å². The molecule has 278 valence electrons. The second-order valence-corrected chi connectivity index (χ2v) is 25.8. The molecule has 0 amide bonds. The minimum Gasteiger partial charge on any atom is -1.00 e. The molecule has 1 saturated carbocycles. The quantitative estimate of drug-likeness (QED) is 0.157. The second kappa shape index (κ2) is 15.3. The predicted molar refractivity (Wildman–Crippen MR) is 218 cm³/mol. The third-order valence-electron chi connectivity index (χ3n) is 13.4. The monoisotopic (exact) mass is 778 g/mol. The van der Waals surface area contributed by atoms with Crippen LogP contribution in [0.15, 0.2) is 96.1 Å². The van der Waals surface area contributed by atoms with Crippen LogP contribution in [0.5, 0.6) is 0 Å². The number of hydrogen-bond acceptors (Lipinski definition) is 0. The Morgan fingerprint density at radius 1 is 0.528 bits per heavy atom. The molecule has 8 rings (SSSR count). The van der Waals surface area contributed by atoms with Crippen LogP contribution in [0, 0.1) is 10.8 Å². The third-order valence-corrected chi connectivity index (χ3v) is 24.0. The fraction of sp³-hybridized carbons (Fsp3) is 0.440. The Morgan fingerprint density at radius 3 is 1.25 bits per heavy atom. The van der Waals surface area contributed by atoms with Crippen LogP contribution in [-0.4, -0.2) is 0 Å². The Kier molecular flexibility index (Phi) is 11.6. The largest absolute Gasteiger partial charge is 1.00 e. The summed E-state index contributed by atoms with van der Waals surface area (Å²) in [5.74, 6) is 0. The standard InChI is InChI=1S/2C22H25.C6H10.2ClH.Ti/c2*1-5-7-16-10-12-17(13-11-16)20-9-6-8-18-14-19(15-21(18)20)22(2,3)4;1-2-4-6-5-3-1;;;/h2*6,8-15H,5,7H2,1-4H3;1-2H,3-6H2;2*1H;/q;;;;;+2/p-2. The van der Waals surface area contributed by atoms with Crippen LogP contribution in [0.25, 0.3) is 34.4 Å². The van der Waals surface area contributed by atoms with Gasteiger partial charge in [0.2, 0.25) is 0 Å². The number of allylic oxidation sites excluding steroid dienone is 2. The van der Waals surface area contributed by atoms with Crippen LogP contribution in [0.2, 0.25) is 8.45 Å². The Balaban J connectivity index is 0.00000240. The van der Waals surface area contributed by atoms with Gasteiger partial charge in [0, 0.05) is 0 Å². The SMILES string of the molecule is CCCc1ccc(-c2cccc3c2C=C(C(C)(C)C)[CH]3[Ti+2]2([CH]3C(C(C)(C)C)=Cc4c(-c5ccc(CCC)cc5)cccc43)[CH]3CCCC[CH]32)cc1.[Cl-].[Cl-]. The van der Waals surface area contributed by atoms with Crippen LogP contribution in [0.1, 0.15) is 136 Å². The summed E-state index contributed by atoms with van der Waals surface area (Å²) >= 11 is -2.84. The van der Waals surface area contributed by atoms with Gasteiger partial charge in [-0.25, -0.2) is 0 Å². The van der Waals surface area contributed by atoms with E-state index in [9.17, 15) is 0 Å². The third kappa shape index (κ3) is 6.81. The molecule has 0 bridgehead atoms. The van der Waals surface area contributed by atoms with Crippen LogP contribution in [0.4, 0.5) is 0 Å². The van der Waals surface area contributed by atoms with Gasteiger partial charge in [0.15, 0.2) is 0 Å². The van der Waals surface area contributed by atoms with Crippen molar-refractivity contribution in [1.29, 1.82) is 0 Å². The number of halogens is 2. The molecule has 1 saturated heterocycles. The minimum atomic E-state index is -2.84. The van der Waals surface area contributed by atoms with Gasteiger partial charge < -0.3 is 24.8 Å². The first-order valence-corrected chi connectivity index (χ1v) is 24.0. The summed E-state index contributed by atoms with van der Waals surface area (Å²) in [4.78, 5) is 0. The van der Waals surface area contributed by atoms with Crippen LogP contribution in [0.3, 0.4) is 0 Å². The summed E-state index contributed by atoms with van der Waals surface area (Å²) in [6.45, 7) is 19.7. The Hall–Kier alpha value is -2.35. The van der Waals surface area contributed by atoms with E-state index in [4.69, 9.17) is 0 Å². The average molecular weight is 780 g/mol. The van der Waals surface area contributed by atoms with Gasteiger partial charge in [-0.05, 0) is 0 Å². The van der Waals surface area contributed by atoms with E-state index < -0.39 is 16.6 Å². The van der Waals surface area contributed by atoms with E-state index in [1.807, 2.05) is 0 Å². The van der Waals surface area contributed by atoms with Gasteiger partial charge in [0.1, 0.15) is 0 Å². The zero-order chi connectivity index (χ0) is 35.7. The first-order chi connectivity index (χ1) is 24.5. The zero-order valence-electron chi connectivity index (χ0n) is 33.5. The van der Waals surface area contributed by atoms with Gasteiger partial charge in [-0.3, -0.25) is 0 Å². The van der Waals surface area contributed by atoms with E-state index in [-0.39, 0.29) is 35.6 Å². The first kappa shape index (κ1) is 40.3. The van der Waals surface area contributed by atoms with Crippen molar-refractivity contribution in [2.75, 3.05) is 0 Å². The fourth-order valence-electron chi connectivity index (χ4n) is 11.2. The molecule has 0 N–H and O–H groups in total. The van der Waals surface area contributed by atoms with E-state index in [1.54, 1.807) is 22.3 Å². The maximum atomic E-state index is 2.72. The molecule has 4 aromatic rings. The van der Waals surface area contributed by atoms with E-state index in [0.29, 0.717) is 8.45 Å². The van der Waals surface area contributed by atoms with Gasteiger partial charge in [-0.1, -0.05) is 0 Å². The van der Waals surface area contributed by atoms with Crippen molar-refractivity contribution in [2.45, 2.75) is 124 Å². The Morgan fingerprint density at radius 2 is 0.906 bits per heavy atom. The minimum absolute atomic E-state index is 0. The van der Waals surface area contributed by atoms with Crippen molar-refractivity contribution < 1.29 is 41.4 Å². The molecule has 4 aromatic carbocycles. The molecule has 4 unspecified atom stereocenters. The number of hydrogen-bond donors (Lipinski definition) is 0. The normalized spacial score (nSPS) is 23.0. The molecule has 4 atom stereocenters. The summed E-state index contributed by atoms with van der Waals surface area (Å²) in [6.07, 6.45) is 15.9. The van der Waals surface area contributed by atoms with Crippen molar-refractivity contribution in [3.05, 3.63) is 129 Å². The average Bonchev–Trinajstić information content (AvgIpc) is 3.37. The fourth-order valence-corrected chi connectivity index (χ4v) is 26.0. The predicted octanol–water partition coefficient (Wildman–Crippen LogP) is 8.92. The second-order valence-electron chi connectivity index (χ2n) is 18.6. The molecule has 3 aliphatic carbocycles. The van der Waals surface area contributed by atoms with E-state index in [2.05, 4.69) is 152 Å². The van der Waals surface area contributed by atoms with Gasteiger partial charge in [-0.15, -0.1) is 0 Å². The van der Waals surface area contributed by atoms with Crippen molar-refractivity contribution >= 4 is 12.2 Å². The topological polar surface area (TPSA) is 0 Å². The van der Waals surface area contributed by atoms with E-state index in [1.165, 1.54) is 83.0 Å². The van der Waals surface area contributed by atoms with E-state index in [0.717, 1.165) is 21.3 Å². The molecule has 53 heavy (non-hydrogen) atoms. The van der Waals surface area contributed by atoms with Crippen molar-refractivity contribution in [1.82, 2.24) is 0 Å². The van der Waals surface area contributed by atoms with Gasteiger partial charge in [-0.2, -0.15) is 0 Å². The molecule has 3 heteroatoms. The van der Waals surface area contributed by atoms with E-state index >= 15 is 0 Å². The molecule has 0 spiro atoms. The maximum Gasteiger partial charge on any atom is -1.00 e. The summed E-state index contributed by atoms with van der Waals surface area (Å²) in [5.41, 5.74) is 18.7. The smallest absolute Gasteiger partial charge is 1.00 e. The summed E-state index contributed by atoms with van der Waals surface area (Å²) in [6, 6.07) is 33.9. The number of aryl methyl sites for hydroxylation is 2. The van der Waals surface area contributed by atoms with Gasteiger partial charge in [0.25, 0.3) is 0 Å². The zero-order valence-corrected chi connectivity index (χ0v) is 36.5. The molecular formula is C50H60Cl2Ti. The van der Waals surface area contributed by atoms with Crippen molar-refractivity contribution in [2.24, 2.45) is 10.8 Å². The van der Waals surface area contributed by atoms with Crippen LogP contribution < -0.4 is 24.8 Å². The van der Waals surface area contributed by atoms with Crippen LogP contribution >= 0.6 is 0 Å². The molecular weight excluding hydrogens is 719 g/mol. The first-order valence-electron chi connectivity index (χ1n) is 20.4. The maximum absolute atomic E-state index is 2.84. The molecule has 2 fully saturated rings.